The van der Waals surface area contributed by atoms with E-state index in [1.165, 1.54) is 12.1 Å². The molecule has 11 heteroatoms. The van der Waals surface area contributed by atoms with Crippen molar-refractivity contribution >= 4 is 67.8 Å². The van der Waals surface area contributed by atoms with Crippen LogP contribution in [0.3, 0.4) is 0 Å². The van der Waals surface area contributed by atoms with E-state index in [1.807, 2.05) is 0 Å². The molecular weight excluding hydrogens is 382 g/mol. The van der Waals surface area contributed by atoms with Crippen molar-refractivity contribution in [3.8, 4) is 0 Å². The van der Waals surface area contributed by atoms with Crippen LogP contribution in [0.25, 0.3) is 0 Å². The molecule has 112 valence electrons. The van der Waals surface area contributed by atoms with Gasteiger partial charge in [-0.05, 0) is 12.1 Å². The van der Waals surface area contributed by atoms with Crippen LogP contribution in [-0.2, 0) is 10.0 Å². The Kier molecular flexibility index (Phi) is 4.69. The minimum absolute atomic E-state index is 0.121. The largest absolute Gasteiger partial charge is 0.398 e. The van der Waals surface area contributed by atoms with Gasteiger partial charge in [-0.1, -0.05) is 46.4 Å². The first kappa shape index (κ1) is 16.4. The fourth-order valence-electron chi connectivity index (χ4n) is 1.48. The molecule has 0 aliphatic heterocycles. The minimum atomic E-state index is -4.15. The van der Waals surface area contributed by atoms with Gasteiger partial charge in [0.1, 0.15) is 16.9 Å². The zero-order valence-electron chi connectivity index (χ0n) is 9.94. The summed E-state index contributed by atoms with van der Waals surface area (Å²) in [6.07, 6.45) is 1.09. The summed E-state index contributed by atoms with van der Waals surface area (Å²) in [4.78, 5) is 6.93. The first-order chi connectivity index (χ1) is 9.72. The molecule has 0 unspecified atom stereocenters. The number of sulfonamides is 1. The predicted octanol–water partition coefficient (Wildman–Crippen LogP) is 3.47. The molecule has 0 fully saturated rings. The molecule has 6 nitrogen and oxygen atoms in total. The highest BCUT2D eigenvalue weighted by Crippen LogP contribution is 2.34. The molecule has 0 atom stereocenters. The van der Waals surface area contributed by atoms with Gasteiger partial charge in [-0.15, -0.1) is 0 Å². The van der Waals surface area contributed by atoms with Gasteiger partial charge >= 0.3 is 0 Å². The Morgan fingerprint density at radius 2 is 1.62 bits per heavy atom. The van der Waals surface area contributed by atoms with Crippen LogP contribution in [-0.4, -0.2) is 18.4 Å². The zero-order valence-corrected chi connectivity index (χ0v) is 13.8. The van der Waals surface area contributed by atoms with E-state index in [9.17, 15) is 8.42 Å². The molecule has 1 heterocycles. The van der Waals surface area contributed by atoms with E-state index >= 15 is 0 Å². The molecule has 0 amide bonds. The number of hydrogen-bond donors (Lipinski definition) is 2. The molecule has 21 heavy (non-hydrogen) atoms. The Hall–Kier alpha value is -0.990. The van der Waals surface area contributed by atoms with Gasteiger partial charge in [-0.2, -0.15) is 0 Å². The summed E-state index contributed by atoms with van der Waals surface area (Å²) in [7, 11) is -4.15. The standard InChI is InChI=1S/C10H6Cl4N4O2S/c11-4-1-5(12)8(6(15)2-4)21(19,20)18-7-9(13)16-3-17-10(7)14/h1-3,18H,15H2. The second kappa shape index (κ2) is 6.02. The van der Waals surface area contributed by atoms with Gasteiger partial charge < -0.3 is 5.73 Å². The Morgan fingerprint density at radius 1 is 1.05 bits per heavy atom. The highest BCUT2D eigenvalue weighted by Gasteiger charge is 2.24. The molecule has 0 bridgehead atoms. The van der Waals surface area contributed by atoms with Crippen molar-refractivity contribution in [1.29, 1.82) is 0 Å². The van der Waals surface area contributed by atoms with Crippen molar-refractivity contribution in [1.82, 2.24) is 9.97 Å². The molecule has 0 radical (unpaired) electrons. The summed E-state index contributed by atoms with van der Waals surface area (Å²) in [5.74, 6) is 0. The Labute approximate surface area is 140 Å². The Bertz CT molecular complexity index is 769. The van der Waals surface area contributed by atoms with Crippen LogP contribution in [0.5, 0.6) is 0 Å². The average molecular weight is 388 g/mol. The van der Waals surface area contributed by atoms with Crippen molar-refractivity contribution in [2.75, 3.05) is 10.5 Å². The van der Waals surface area contributed by atoms with Crippen LogP contribution in [0.2, 0.25) is 20.4 Å². The highest BCUT2D eigenvalue weighted by molar-refractivity contribution is 7.93. The molecule has 1 aromatic heterocycles. The van der Waals surface area contributed by atoms with Gasteiger partial charge in [0.25, 0.3) is 10.0 Å². The van der Waals surface area contributed by atoms with Gasteiger partial charge in [-0.25, -0.2) is 18.4 Å². The van der Waals surface area contributed by atoms with Crippen molar-refractivity contribution in [3.63, 3.8) is 0 Å². The van der Waals surface area contributed by atoms with Gasteiger partial charge in [-0.3, -0.25) is 4.72 Å². The van der Waals surface area contributed by atoms with E-state index in [2.05, 4.69) is 14.7 Å². The highest BCUT2D eigenvalue weighted by atomic mass is 35.5. The molecule has 0 aliphatic carbocycles. The third-order valence-corrected chi connectivity index (χ3v) is 4.96. The van der Waals surface area contributed by atoms with E-state index in [1.54, 1.807) is 0 Å². The zero-order chi connectivity index (χ0) is 15.8. The lowest BCUT2D eigenvalue weighted by atomic mass is 10.3. The second-order valence-corrected chi connectivity index (χ2v) is 6.92. The quantitative estimate of drug-likeness (QED) is 0.620. The van der Waals surface area contributed by atoms with Gasteiger partial charge in [0.05, 0.1) is 10.7 Å². The van der Waals surface area contributed by atoms with Gasteiger partial charge in [0, 0.05) is 5.02 Å². The smallest absolute Gasteiger partial charge is 0.265 e. The number of nitrogens with one attached hydrogen (secondary N) is 1. The molecule has 0 saturated carbocycles. The number of nitrogens with zero attached hydrogens (tertiary/aromatic N) is 2. The number of anilines is 2. The van der Waals surface area contributed by atoms with Crippen LogP contribution in [0.4, 0.5) is 11.4 Å². The minimum Gasteiger partial charge on any atom is -0.398 e. The lowest BCUT2D eigenvalue weighted by Gasteiger charge is -2.13. The van der Waals surface area contributed by atoms with Crippen LogP contribution in [0.15, 0.2) is 23.4 Å². The fraction of sp³-hybridized carbons (Fsp3) is 0. The SMILES string of the molecule is Nc1cc(Cl)cc(Cl)c1S(=O)(=O)Nc1c(Cl)ncnc1Cl. The number of nitrogen functional groups attached to an aromatic ring is 1. The van der Waals surface area contributed by atoms with Gasteiger partial charge in [0.2, 0.25) is 0 Å². The second-order valence-electron chi connectivity index (χ2n) is 3.74. The van der Waals surface area contributed by atoms with Crippen molar-refractivity contribution in [3.05, 3.63) is 38.8 Å². The van der Waals surface area contributed by atoms with Crippen LogP contribution in [0.1, 0.15) is 0 Å². The topological polar surface area (TPSA) is 98.0 Å². The summed E-state index contributed by atoms with van der Waals surface area (Å²) < 4.78 is 26.9. The lowest BCUT2D eigenvalue weighted by Crippen LogP contribution is -2.16. The number of halogens is 4. The summed E-state index contributed by atoms with van der Waals surface area (Å²) in [5.41, 5.74) is 5.36. The number of nitrogens with two attached hydrogens (primary N) is 1. The molecule has 0 spiro atoms. The predicted molar refractivity (Wildman–Crippen MR) is 83.7 cm³/mol. The third kappa shape index (κ3) is 3.44. The van der Waals surface area contributed by atoms with Gasteiger partial charge in [0.15, 0.2) is 10.3 Å². The number of hydrogen-bond acceptors (Lipinski definition) is 5. The first-order valence-electron chi connectivity index (χ1n) is 5.15. The molecule has 2 rings (SSSR count). The monoisotopic (exact) mass is 386 g/mol. The lowest BCUT2D eigenvalue weighted by molar-refractivity contribution is 0.601. The van der Waals surface area contributed by atoms with E-state index in [4.69, 9.17) is 52.1 Å². The maximum atomic E-state index is 12.4. The fourth-order valence-corrected chi connectivity index (χ4v) is 4.06. The number of benzene rings is 1. The van der Waals surface area contributed by atoms with E-state index in [0.717, 1.165) is 6.33 Å². The van der Waals surface area contributed by atoms with Crippen molar-refractivity contribution < 1.29 is 8.42 Å². The normalized spacial score (nSPS) is 11.4. The first-order valence-corrected chi connectivity index (χ1v) is 8.15. The molecule has 2 aromatic rings. The molecule has 0 aliphatic rings. The Morgan fingerprint density at radius 3 is 2.14 bits per heavy atom. The van der Waals surface area contributed by atoms with Crippen molar-refractivity contribution in [2.45, 2.75) is 4.90 Å². The molecular formula is C10H6Cl4N4O2S. The average Bonchev–Trinajstić information content (AvgIpc) is 2.32. The van der Waals surface area contributed by atoms with E-state index in [-0.39, 0.29) is 36.6 Å². The molecule has 3 N–H and O–H groups in total. The molecule has 0 saturated heterocycles. The third-order valence-electron chi connectivity index (χ3n) is 2.30. The summed E-state index contributed by atoms with van der Waals surface area (Å²) in [6.45, 7) is 0. The molecule has 1 aromatic carbocycles. The summed E-state index contributed by atoms with van der Waals surface area (Å²) >= 11 is 23.2. The van der Waals surface area contributed by atoms with E-state index < -0.39 is 10.0 Å². The summed E-state index contributed by atoms with van der Waals surface area (Å²) in [6, 6.07) is 2.51. The number of aromatic nitrogens is 2. The van der Waals surface area contributed by atoms with Crippen molar-refractivity contribution in [2.24, 2.45) is 0 Å². The summed E-state index contributed by atoms with van der Waals surface area (Å²) in [5, 5.41) is -0.267. The maximum Gasteiger partial charge on any atom is 0.265 e. The van der Waals surface area contributed by atoms with Crippen LogP contribution >= 0.6 is 46.4 Å². The maximum absolute atomic E-state index is 12.4. The Balaban J connectivity index is 2.54. The van der Waals surface area contributed by atoms with E-state index in [0.29, 0.717) is 0 Å². The van der Waals surface area contributed by atoms with Crippen LogP contribution < -0.4 is 10.5 Å². The van der Waals surface area contributed by atoms with Crippen LogP contribution in [0, 0.1) is 0 Å². The number of rotatable bonds is 3.